The van der Waals surface area contributed by atoms with Gasteiger partial charge in [0, 0.05) is 16.9 Å². The minimum Gasteiger partial charge on any atom is -0.317 e. The van der Waals surface area contributed by atoms with Gasteiger partial charge < -0.3 is 5.32 Å². The molecule has 1 fully saturated rings. The summed E-state index contributed by atoms with van der Waals surface area (Å²) in [6.07, 6.45) is 2.44. The average Bonchev–Trinajstić information content (AvgIpc) is 2.92. The Hall–Kier alpha value is -0.900. The maximum atomic E-state index is 4.90. The molecule has 2 heterocycles. The summed E-state index contributed by atoms with van der Waals surface area (Å²) in [4.78, 5) is 4.90. The van der Waals surface area contributed by atoms with Gasteiger partial charge in [0.25, 0.3) is 0 Å². The van der Waals surface area contributed by atoms with Crippen molar-refractivity contribution in [1.82, 2.24) is 10.3 Å². The second-order valence-corrected chi connectivity index (χ2v) is 6.30. The number of aryl methyl sites for hydroxylation is 2. The van der Waals surface area contributed by atoms with Crippen LogP contribution in [0.2, 0.25) is 0 Å². The summed E-state index contributed by atoms with van der Waals surface area (Å²) in [5.74, 6) is 0.658. The van der Waals surface area contributed by atoms with E-state index in [0.29, 0.717) is 5.92 Å². The predicted octanol–water partition coefficient (Wildman–Crippen LogP) is 4.32. The van der Waals surface area contributed by atoms with Gasteiger partial charge in [0.2, 0.25) is 0 Å². The van der Waals surface area contributed by atoms with Crippen LogP contribution >= 0.6 is 23.7 Å². The molecule has 0 aliphatic carbocycles. The van der Waals surface area contributed by atoms with Crippen LogP contribution in [0.15, 0.2) is 23.6 Å². The Morgan fingerprint density at radius 2 is 1.95 bits per heavy atom. The van der Waals surface area contributed by atoms with E-state index in [4.69, 9.17) is 4.98 Å². The van der Waals surface area contributed by atoms with Crippen molar-refractivity contribution in [2.75, 3.05) is 13.1 Å². The summed E-state index contributed by atoms with van der Waals surface area (Å²) >= 11 is 1.83. The van der Waals surface area contributed by atoms with Crippen LogP contribution < -0.4 is 5.32 Å². The Bertz CT molecular complexity index is 574. The highest BCUT2D eigenvalue weighted by molar-refractivity contribution is 7.10. The molecule has 0 spiro atoms. The fraction of sp³-hybridized carbons (Fsp3) is 0.438. The maximum Gasteiger partial charge on any atom is 0.0964 e. The van der Waals surface area contributed by atoms with E-state index in [1.807, 2.05) is 11.3 Å². The third kappa shape index (κ3) is 3.22. The Labute approximate surface area is 131 Å². The van der Waals surface area contributed by atoms with Crippen molar-refractivity contribution in [3.63, 3.8) is 0 Å². The van der Waals surface area contributed by atoms with Gasteiger partial charge in [0.05, 0.1) is 10.7 Å². The Morgan fingerprint density at radius 3 is 2.70 bits per heavy atom. The van der Waals surface area contributed by atoms with E-state index in [9.17, 15) is 0 Å². The molecule has 3 rings (SSSR count). The van der Waals surface area contributed by atoms with E-state index >= 15 is 0 Å². The van der Waals surface area contributed by atoms with Crippen molar-refractivity contribution < 1.29 is 0 Å². The highest BCUT2D eigenvalue weighted by atomic mass is 35.5. The smallest absolute Gasteiger partial charge is 0.0964 e. The van der Waals surface area contributed by atoms with Crippen LogP contribution in [-0.2, 0) is 0 Å². The molecule has 1 aliphatic rings. The van der Waals surface area contributed by atoms with Gasteiger partial charge in [-0.25, -0.2) is 4.98 Å². The summed E-state index contributed by atoms with van der Waals surface area (Å²) in [6.45, 7) is 6.56. The second-order valence-electron chi connectivity index (χ2n) is 5.41. The third-order valence-corrected chi connectivity index (χ3v) is 4.89. The monoisotopic (exact) mass is 308 g/mol. The molecule has 4 heteroatoms. The number of aromatic nitrogens is 1. The fourth-order valence-electron chi connectivity index (χ4n) is 2.68. The SMILES string of the molecule is Cc1ccc(C)c(-c2csc(C3CCNCC3)n2)c1.Cl. The fourth-order valence-corrected chi connectivity index (χ4v) is 3.67. The standard InChI is InChI=1S/C16H20N2S.ClH/c1-11-3-4-12(2)14(9-11)15-10-19-16(18-15)13-5-7-17-8-6-13;/h3-4,9-10,13,17H,5-8H2,1-2H3;1H. The first-order valence-electron chi connectivity index (χ1n) is 6.98. The quantitative estimate of drug-likeness (QED) is 0.894. The molecule has 0 radical (unpaired) electrons. The number of benzene rings is 1. The molecule has 0 bridgehead atoms. The van der Waals surface area contributed by atoms with Crippen molar-refractivity contribution in [3.05, 3.63) is 39.7 Å². The van der Waals surface area contributed by atoms with Gasteiger partial charge in [-0.05, 0) is 51.4 Å². The number of nitrogens with one attached hydrogen (secondary N) is 1. The molecule has 20 heavy (non-hydrogen) atoms. The molecule has 108 valence electrons. The van der Waals surface area contributed by atoms with Crippen molar-refractivity contribution in [2.45, 2.75) is 32.6 Å². The average molecular weight is 309 g/mol. The van der Waals surface area contributed by atoms with Gasteiger partial charge in [-0.15, -0.1) is 23.7 Å². The zero-order valence-electron chi connectivity index (χ0n) is 12.0. The summed E-state index contributed by atoms with van der Waals surface area (Å²) in [6, 6.07) is 6.60. The number of hydrogen-bond donors (Lipinski definition) is 1. The van der Waals surface area contributed by atoms with E-state index in [1.165, 1.54) is 34.5 Å². The summed E-state index contributed by atoms with van der Waals surface area (Å²) in [5, 5.41) is 6.95. The van der Waals surface area contributed by atoms with Gasteiger partial charge in [-0.1, -0.05) is 17.7 Å². The lowest BCUT2D eigenvalue weighted by atomic mass is 9.99. The first kappa shape index (κ1) is 15.5. The topological polar surface area (TPSA) is 24.9 Å². The molecule has 0 unspecified atom stereocenters. The largest absolute Gasteiger partial charge is 0.317 e. The Balaban J connectivity index is 0.00000147. The van der Waals surface area contributed by atoms with E-state index in [-0.39, 0.29) is 12.4 Å². The first-order valence-corrected chi connectivity index (χ1v) is 7.86. The van der Waals surface area contributed by atoms with Crippen molar-refractivity contribution in [3.8, 4) is 11.3 Å². The molecule has 0 amide bonds. The van der Waals surface area contributed by atoms with Gasteiger partial charge in [-0.2, -0.15) is 0 Å². The highest BCUT2D eigenvalue weighted by Gasteiger charge is 2.19. The van der Waals surface area contributed by atoms with Gasteiger partial charge in [-0.3, -0.25) is 0 Å². The molecule has 1 saturated heterocycles. The van der Waals surface area contributed by atoms with Crippen LogP contribution in [-0.4, -0.2) is 18.1 Å². The maximum absolute atomic E-state index is 4.90. The molecule has 1 aromatic heterocycles. The van der Waals surface area contributed by atoms with Crippen molar-refractivity contribution in [1.29, 1.82) is 0 Å². The third-order valence-electron chi connectivity index (χ3n) is 3.88. The van der Waals surface area contributed by atoms with Crippen molar-refractivity contribution in [2.24, 2.45) is 0 Å². The number of thiazole rings is 1. The van der Waals surface area contributed by atoms with Gasteiger partial charge >= 0.3 is 0 Å². The van der Waals surface area contributed by atoms with Crippen LogP contribution in [0, 0.1) is 13.8 Å². The van der Waals surface area contributed by atoms with Crippen LogP contribution in [0.1, 0.15) is 34.9 Å². The summed E-state index contributed by atoms with van der Waals surface area (Å²) < 4.78 is 0. The van der Waals surface area contributed by atoms with Crippen molar-refractivity contribution >= 4 is 23.7 Å². The van der Waals surface area contributed by atoms with Gasteiger partial charge in [0.15, 0.2) is 0 Å². The molecule has 2 aromatic rings. The van der Waals surface area contributed by atoms with Crippen LogP contribution in [0.25, 0.3) is 11.3 Å². The molecular weight excluding hydrogens is 288 g/mol. The number of rotatable bonds is 2. The molecular formula is C16H21ClN2S. The number of hydrogen-bond acceptors (Lipinski definition) is 3. The summed E-state index contributed by atoms with van der Waals surface area (Å²) in [5.41, 5.74) is 5.06. The molecule has 0 atom stereocenters. The summed E-state index contributed by atoms with van der Waals surface area (Å²) in [7, 11) is 0. The predicted molar refractivity (Wildman–Crippen MR) is 89.1 cm³/mol. The Kier molecular flexibility index (Phi) is 5.19. The van der Waals surface area contributed by atoms with E-state index in [2.05, 4.69) is 42.7 Å². The van der Waals surface area contributed by atoms with E-state index < -0.39 is 0 Å². The molecule has 1 N–H and O–H groups in total. The zero-order chi connectivity index (χ0) is 13.2. The lowest BCUT2D eigenvalue weighted by Crippen LogP contribution is -2.26. The first-order chi connectivity index (χ1) is 9.24. The lowest BCUT2D eigenvalue weighted by Gasteiger charge is -2.20. The minimum atomic E-state index is 0. The van der Waals surface area contributed by atoms with Gasteiger partial charge in [0.1, 0.15) is 0 Å². The Morgan fingerprint density at radius 1 is 1.20 bits per heavy atom. The molecule has 1 aliphatic heterocycles. The zero-order valence-corrected chi connectivity index (χ0v) is 13.6. The second kappa shape index (κ2) is 6.70. The normalized spacial score (nSPS) is 15.9. The van der Waals surface area contributed by atoms with Crippen LogP contribution in [0.5, 0.6) is 0 Å². The minimum absolute atomic E-state index is 0. The van der Waals surface area contributed by atoms with E-state index in [0.717, 1.165) is 18.8 Å². The molecule has 1 aromatic carbocycles. The number of halogens is 1. The molecule has 2 nitrogen and oxygen atoms in total. The van der Waals surface area contributed by atoms with E-state index in [1.54, 1.807) is 0 Å². The number of piperidine rings is 1. The van der Waals surface area contributed by atoms with Crippen LogP contribution in [0.3, 0.4) is 0 Å². The van der Waals surface area contributed by atoms with Crippen LogP contribution in [0.4, 0.5) is 0 Å². The lowest BCUT2D eigenvalue weighted by molar-refractivity contribution is 0.459. The molecule has 0 saturated carbocycles. The highest BCUT2D eigenvalue weighted by Crippen LogP contribution is 2.32. The number of nitrogens with zero attached hydrogens (tertiary/aromatic N) is 1.